The summed E-state index contributed by atoms with van der Waals surface area (Å²) in [5.41, 5.74) is 2.77. The van der Waals surface area contributed by atoms with E-state index in [1.165, 1.54) is 0 Å². The number of aromatic nitrogens is 2. The lowest BCUT2D eigenvalue weighted by molar-refractivity contribution is 0.112. The lowest BCUT2D eigenvalue weighted by Gasteiger charge is -2.04. The largest absolute Gasteiger partial charge is 0.341 e. The molecule has 0 saturated carbocycles. The predicted octanol–water partition coefficient (Wildman–Crippen LogP) is 2.90. The Labute approximate surface area is 105 Å². The zero-order valence-electron chi connectivity index (χ0n) is 9.78. The van der Waals surface area contributed by atoms with Crippen LogP contribution >= 0.6 is 0 Å². The molecule has 0 radical (unpaired) electrons. The molecule has 0 fully saturated rings. The van der Waals surface area contributed by atoms with Gasteiger partial charge in [0, 0.05) is 28.9 Å². The van der Waals surface area contributed by atoms with Gasteiger partial charge in [-0.1, -0.05) is 24.3 Å². The number of hydrogen-bond donors (Lipinski definition) is 0. The molecule has 0 N–H and O–H groups in total. The van der Waals surface area contributed by atoms with Crippen molar-refractivity contribution in [3.8, 4) is 0 Å². The van der Waals surface area contributed by atoms with E-state index in [9.17, 15) is 4.79 Å². The summed E-state index contributed by atoms with van der Waals surface area (Å²) < 4.78 is 2.06. The third-order valence-corrected chi connectivity index (χ3v) is 3.00. The quantitative estimate of drug-likeness (QED) is 0.655. The number of aldehydes is 1. The molecule has 0 unspecified atom stereocenters. The van der Waals surface area contributed by atoms with Gasteiger partial charge in [-0.3, -0.25) is 9.78 Å². The number of para-hydroxylation sites is 1. The van der Waals surface area contributed by atoms with E-state index in [0.29, 0.717) is 6.54 Å². The van der Waals surface area contributed by atoms with Crippen LogP contribution in [0.25, 0.3) is 10.9 Å². The highest BCUT2D eigenvalue weighted by molar-refractivity contribution is 5.97. The molecule has 2 heterocycles. The van der Waals surface area contributed by atoms with Gasteiger partial charge < -0.3 is 4.57 Å². The van der Waals surface area contributed by atoms with Gasteiger partial charge >= 0.3 is 0 Å². The molecule has 0 aliphatic rings. The number of fused-ring (bicyclic) bond motifs is 1. The van der Waals surface area contributed by atoms with Crippen LogP contribution in [0.4, 0.5) is 0 Å². The first kappa shape index (κ1) is 10.7. The van der Waals surface area contributed by atoms with Crippen LogP contribution in [0.5, 0.6) is 0 Å². The maximum atomic E-state index is 11.1. The molecule has 0 aliphatic carbocycles. The van der Waals surface area contributed by atoms with E-state index in [4.69, 9.17) is 0 Å². The van der Waals surface area contributed by atoms with Crippen molar-refractivity contribution in [1.29, 1.82) is 0 Å². The van der Waals surface area contributed by atoms with Crippen molar-refractivity contribution < 1.29 is 4.79 Å². The van der Waals surface area contributed by atoms with Gasteiger partial charge in [0.1, 0.15) is 0 Å². The van der Waals surface area contributed by atoms with Crippen LogP contribution in [0, 0.1) is 0 Å². The summed E-state index contributed by atoms with van der Waals surface area (Å²) >= 11 is 0. The smallest absolute Gasteiger partial charge is 0.152 e. The first-order valence-electron chi connectivity index (χ1n) is 5.81. The SMILES string of the molecule is O=Cc1cn(Cc2ccccn2)c2ccccc12. The van der Waals surface area contributed by atoms with E-state index in [0.717, 1.165) is 28.4 Å². The van der Waals surface area contributed by atoms with Crippen LogP contribution in [0.2, 0.25) is 0 Å². The van der Waals surface area contributed by atoms with E-state index in [-0.39, 0.29) is 0 Å². The average Bonchev–Trinajstić information content (AvgIpc) is 2.78. The molecule has 0 aliphatic heterocycles. The summed E-state index contributed by atoms with van der Waals surface area (Å²) in [7, 11) is 0. The van der Waals surface area contributed by atoms with Gasteiger partial charge in [0.15, 0.2) is 6.29 Å². The lowest BCUT2D eigenvalue weighted by Crippen LogP contribution is -1.99. The van der Waals surface area contributed by atoms with Crippen molar-refractivity contribution in [2.75, 3.05) is 0 Å². The van der Waals surface area contributed by atoms with Gasteiger partial charge in [-0.25, -0.2) is 0 Å². The summed E-state index contributed by atoms with van der Waals surface area (Å²) in [6.45, 7) is 0.676. The maximum Gasteiger partial charge on any atom is 0.152 e. The van der Waals surface area contributed by atoms with Crippen molar-refractivity contribution in [3.63, 3.8) is 0 Å². The molecule has 3 heteroatoms. The fourth-order valence-electron chi connectivity index (χ4n) is 2.17. The number of carbonyl (C=O) groups is 1. The Kier molecular flexibility index (Phi) is 2.65. The van der Waals surface area contributed by atoms with Gasteiger partial charge in [0.05, 0.1) is 12.2 Å². The van der Waals surface area contributed by atoms with E-state index >= 15 is 0 Å². The molecular formula is C15H12N2O. The Morgan fingerprint density at radius 2 is 1.94 bits per heavy atom. The standard InChI is InChI=1S/C15H12N2O/c18-11-12-9-17(10-13-5-3-4-8-16-13)15-7-2-1-6-14(12)15/h1-9,11H,10H2. The zero-order valence-corrected chi connectivity index (χ0v) is 9.78. The minimum absolute atomic E-state index is 0.676. The molecule has 3 aromatic rings. The number of nitrogens with zero attached hydrogens (tertiary/aromatic N) is 2. The van der Waals surface area contributed by atoms with E-state index in [2.05, 4.69) is 9.55 Å². The first-order valence-corrected chi connectivity index (χ1v) is 5.81. The van der Waals surface area contributed by atoms with Crippen molar-refractivity contribution in [1.82, 2.24) is 9.55 Å². The first-order chi connectivity index (χ1) is 8.88. The number of benzene rings is 1. The number of hydrogen-bond acceptors (Lipinski definition) is 2. The van der Waals surface area contributed by atoms with Crippen molar-refractivity contribution in [2.24, 2.45) is 0 Å². The van der Waals surface area contributed by atoms with Crippen molar-refractivity contribution >= 4 is 17.2 Å². The molecule has 0 bridgehead atoms. The molecule has 0 spiro atoms. The van der Waals surface area contributed by atoms with E-state index in [1.807, 2.05) is 48.7 Å². The average molecular weight is 236 g/mol. The molecule has 3 rings (SSSR count). The maximum absolute atomic E-state index is 11.1. The summed E-state index contributed by atoms with van der Waals surface area (Å²) in [5, 5.41) is 0.989. The van der Waals surface area contributed by atoms with Gasteiger partial charge in [0.25, 0.3) is 0 Å². The second-order valence-electron chi connectivity index (χ2n) is 4.17. The van der Waals surface area contributed by atoms with E-state index in [1.54, 1.807) is 6.20 Å². The second-order valence-corrected chi connectivity index (χ2v) is 4.17. The zero-order chi connectivity index (χ0) is 12.4. The van der Waals surface area contributed by atoms with Crippen molar-refractivity contribution in [3.05, 3.63) is 66.1 Å². The summed E-state index contributed by atoms with van der Waals surface area (Å²) in [6, 6.07) is 13.8. The lowest BCUT2D eigenvalue weighted by atomic mass is 10.2. The van der Waals surface area contributed by atoms with Gasteiger partial charge in [-0.2, -0.15) is 0 Å². The van der Waals surface area contributed by atoms with Crippen LogP contribution in [-0.4, -0.2) is 15.8 Å². The molecule has 18 heavy (non-hydrogen) atoms. The second kappa shape index (κ2) is 4.45. The summed E-state index contributed by atoms with van der Waals surface area (Å²) in [6.07, 6.45) is 4.56. The van der Waals surface area contributed by atoms with E-state index < -0.39 is 0 Å². The summed E-state index contributed by atoms with van der Waals surface area (Å²) in [5.74, 6) is 0. The van der Waals surface area contributed by atoms with Gasteiger partial charge in [-0.05, 0) is 18.2 Å². The van der Waals surface area contributed by atoms with Gasteiger partial charge in [-0.15, -0.1) is 0 Å². The normalized spacial score (nSPS) is 10.7. The third-order valence-electron chi connectivity index (χ3n) is 3.00. The minimum atomic E-state index is 0.676. The fourth-order valence-corrected chi connectivity index (χ4v) is 2.17. The van der Waals surface area contributed by atoms with Crippen LogP contribution in [0.3, 0.4) is 0 Å². The fraction of sp³-hybridized carbons (Fsp3) is 0.0667. The Bertz CT molecular complexity index is 686. The third kappa shape index (κ3) is 1.80. The Morgan fingerprint density at radius 3 is 2.72 bits per heavy atom. The molecule has 0 atom stereocenters. The minimum Gasteiger partial charge on any atom is -0.341 e. The van der Waals surface area contributed by atoms with Crippen LogP contribution in [-0.2, 0) is 6.54 Å². The van der Waals surface area contributed by atoms with Gasteiger partial charge in [0.2, 0.25) is 0 Å². The predicted molar refractivity (Wildman–Crippen MR) is 70.7 cm³/mol. The molecular weight excluding hydrogens is 224 g/mol. The highest BCUT2D eigenvalue weighted by atomic mass is 16.1. The number of rotatable bonds is 3. The van der Waals surface area contributed by atoms with Crippen LogP contribution in [0.1, 0.15) is 16.1 Å². The highest BCUT2D eigenvalue weighted by Gasteiger charge is 2.07. The number of carbonyl (C=O) groups excluding carboxylic acids is 1. The molecule has 0 saturated heterocycles. The molecule has 1 aromatic carbocycles. The topological polar surface area (TPSA) is 34.9 Å². The number of pyridine rings is 1. The van der Waals surface area contributed by atoms with Crippen LogP contribution in [0.15, 0.2) is 54.9 Å². The summed E-state index contributed by atoms with van der Waals surface area (Å²) in [4.78, 5) is 15.4. The molecule has 88 valence electrons. The molecule has 3 nitrogen and oxygen atoms in total. The molecule has 0 amide bonds. The van der Waals surface area contributed by atoms with Crippen LogP contribution < -0.4 is 0 Å². The Hall–Kier alpha value is -2.42. The Balaban J connectivity index is 2.10. The highest BCUT2D eigenvalue weighted by Crippen LogP contribution is 2.20. The monoisotopic (exact) mass is 236 g/mol. The molecule has 2 aromatic heterocycles. The Morgan fingerprint density at radius 1 is 1.11 bits per heavy atom. The van der Waals surface area contributed by atoms with Crippen molar-refractivity contribution in [2.45, 2.75) is 6.54 Å².